The van der Waals surface area contributed by atoms with Crippen LogP contribution in [0.5, 0.6) is 0 Å². The first kappa shape index (κ1) is 23.9. The van der Waals surface area contributed by atoms with E-state index in [1.165, 1.54) is 28.1 Å². The van der Waals surface area contributed by atoms with E-state index >= 15 is 0 Å². The highest BCUT2D eigenvalue weighted by molar-refractivity contribution is 5.98. The Morgan fingerprint density at radius 1 is 1.09 bits per heavy atom. The standard InChI is InChI=1S/C25H28N6O4/c1-5-15(3)26-22(33)17-11-12-18-20(13-17)31-24(29(4)23(18)34)28-30(25(31)35)14-21(32)27-19-10-8-7-9-16(19)6-2/h7-13,15H,5-6,14H2,1-4H3,(H,26,33)(H,27,32). The number of carbonyl (C=O) groups is 2. The highest BCUT2D eigenvalue weighted by Crippen LogP contribution is 2.16. The second-order valence-corrected chi connectivity index (χ2v) is 8.51. The summed E-state index contributed by atoms with van der Waals surface area (Å²) in [6, 6.07) is 12.0. The molecule has 2 aromatic heterocycles. The number of hydrogen-bond donors (Lipinski definition) is 2. The molecular formula is C25H28N6O4. The van der Waals surface area contributed by atoms with Crippen LogP contribution >= 0.6 is 0 Å². The Hall–Kier alpha value is -4.21. The average Bonchev–Trinajstić information content (AvgIpc) is 3.18. The fourth-order valence-corrected chi connectivity index (χ4v) is 3.92. The second kappa shape index (κ2) is 9.57. The molecular weight excluding hydrogens is 448 g/mol. The molecule has 4 rings (SSSR count). The van der Waals surface area contributed by atoms with Crippen molar-refractivity contribution < 1.29 is 9.59 Å². The van der Waals surface area contributed by atoms with Crippen LogP contribution in [0.15, 0.2) is 52.1 Å². The van der Waals surface area contributed by atoms with Crippen LogP contribution in [0.1, 0.15) is 43.1 Å². The molecule has 35 heavy (non-hydrogen) atoms. The third-order valence-electron chi connectivity index (χ3n) is 6.11. The fraction of sp³-hybridized carbons (Fsp3) is 0.320. The Labute approximate surface area is 201 Å². The summed E-state index contributed by atoms with van der Waals surface area (Å²) >= 11 is 0. The number of benzene rings is 2. The molecule has 2 aromatic carbocycles. The minimum absolute atomic E-state index is 0.0244. The molecule has 0 aliphatic heterocycles. The largest absolute Gasteiger partial charge is 0.352 e. The Morgan fingerprint density at radius 3 is 2.54 bits per heavy atom. The average molecular weight is 477 g/mol. The van der Waals surface area contributed by atoms with Gasteiger partial charge in [0, 0.05) is 24.3 Å². The molecule has 2 amide bonds. The first-order chi connectivity index (χ1) is 16.7. The van der Waals surface area contributed by atoms with Crippen molar-refractivity contribution in [3.63, 3.8) is 0 Å². The van der Waals surface area contributed by atoms with Crippen LogP contribution in [-0.4, -0.2) is 36.6 Å². The first-order valence-corrected chi connectivity index (χ1v) is 11.6. The minimum atomic E-state index is -0.584. The third kappa shape index (κ3) is 4.46. The molecule has 0 spiro atoms. The predicted molar refractivity (Wildman–Crippen MR) is 134 cm³/mol. The molecule has 4 aromatic rings. The van der Waals surface area contributed by atoms with E-state index in [2.05, 4.69) is 15.7 Å². The van der Waals surface area contributed by atoms with E-state index in [-0.39, 0.29) is 40.7 Å². The quantitative estimate of drug-likeness (QED) is 0.423. The van der Waals surface area contributed by atoms with Gasteiger partial charge >= 0.3 is 5.69 Å². The topological polar surface area (TPSA) is 120 Å². The zero-order chi connectivity index (χ0) is 25.3. The molecule has 0 bridgehead atoms. The van der Waals surface area contributed by atoms with Gasteiger partial charge in [-0.3, -0.25) is 19.0 Å². The number of anilines is 1. The van der Waals surface area contributed by atoms with Crippen LogP contribution in [0.4, 0.5) is 5.69 Å². The second-order valence-electron chi connectivity index (χ2n) is 8.51. The zero-order valence-electron chi connectivity index (χ0n) is 20.2. The van der Waals surface area contributed by atoms with Crippen molar-refractivity contribution in [1.29, 1.82) is 0 Å². The number of hydrogen-bond acceptors (Lipinski definition) is 5. The number of para-hydroxylation sites is 1. The van der Waals surface area contributed by atoms with Gasteiger partial charge in [-0.1, -0.05) is 32.0 Å². The van der Waals surface area contributed by atoms with Crippen molar-refractivity contribution in [1.82, 2.24) is 24.1 Å². The molecule has 0 aliphatic carbocycles. The molecule has 0 saturated carbocycles. The number of nitrogens with one attached hydrogen (secondary N) is 2. The Balaban J connectivity index is 1.77. The van der Waals surface area contributed by atoms with Gasteiger partial charge in [-0.05, 0) is 49.6 Å². The smallest absolute Gasteiger partial charge is 0.350 e. The summed E-state index contributed by atoms with van der Waals surface area (Å²) in [6.45, 7) is 5.51. The molecule has 1 unspecified atom stereocenters. The number of rotatable bonds is 7. The van der Waals surface area contributed by atoms with Gasteiger partial charge in [0.2, 0.25) is 11.7 Å². The maximum Gasteiger partial charge on any atom is 0.352 e. The summed E-state index contributed by atoms with van der Waals surface area (Å²) in [5.74, 6) is -0.641. The van der Waals surface area contributed by atoms with Gasteiger partial charge in [0.1, 0.15) is 6.54 Å². The number of aryl methyl sites for hydroxylation is 2. The van der Waals surface area contributed by atoms with Crippen LogP contribution in [-0.2, 0) is 24.8 Å². The SMILES string of the molecule is CCc1ccccc1NC(=O)Cn1nc2n(C)c(=O)c3ccc(C(=O)NC(C)CC)cc3n2c1=O. The number of nitrogens with zero attached hydrogens (tertiary/aromatic N) is 4. The number of fused-ring (bicyclic) bond motifs is 3. The zero-order valence-corrected chi connectivity index (χ0v) is 20.2. The molecule has 2 N–H and O–H groups in total. The van der Waals surface area contributed by atoms with Gasteiger partial charge in [0.15, 0.2) is 0 Å². The van der Waals surface area contributed by atoms with Crippen molar-refractivity contribution in [2.45, 2.75) is 46.2 Å². The lowest BCUT2D eigenvalue weighted by molar-refractivity contribution is -0.117. The highest BCUT2D eigenvalue weighted by atomic mass is 16.2. The summed E-state index contributed by atoms with van der Waals surface area (Å²) in [5, 5.41) is 10.2. The predicted octanol–water partition coefficient (Wildman–Crippen LogP) is 2.08. The minimum Gasteiger partial charge on any atom is -0.350 e. The van der Waals surface area contributed by atoms with Crippen LogP contribution in [0.25, 0.3) is 16.7 Å². The molecule has 182 valence electrons. The maximum absolute atomic E-state index is 13.3. The van der Waals surface area contributed by atoms with Crippen LogP contribution in [0.2, 0.25) is 0 Å². The van der Waals surface area contributed by atoms with Crippen molar-refractivity contribution in [3.8, 4) is 0 Å². The van der Waals surface area contributed by atoms with Gasteiger partial charge in [0.05, 0.1) is 10.9 Å². The lowest BCUT2D eigenvalue weighted by atomic mass is 10.1. The van der Waals surface area contributed by atoms with E-state index in [0.717, 1.165) is 23.1 Å². The summed E-state index contributed by atoms with van der Waals surface area (Å²) in [4.78, 5) is 51.6. The molecule has 0 fully saturated rings. The van der Waals surface area contributed by atoms with Gasteiger partial charge in [-0.2, -0.15) is 0 Å². The summed E-state index contributed by atoms with van der Waals surface area (Å²) in [6.07, 6.45) is 1.51. The third-order valence-corrected chi connectivity index (χ3v) is 6.11. The van der Waals surface area contributed by atoms with Gasteiger partial charge < -0.3 is 10.6 Å². The number of aromatic nitrogens is 4. The van der Waals surface area contributed by atoms with Crippen LogP contribution < -0.4 is 21.9 Å². The van der Waals surface area contributed by atoms with Crippen molar-refractivity contribution >= 4 is 34.2 Å². The Bertz CT molecular complexity index is 1560. The van der Waals surface area contributed by atoms with E-state index in [4.69, 9.17) is 0 Å². The van der Waals surface area contributed by atoms with Crippen LogP contribution in [0.3, 0.4) is 0 Å². The molecule has 0 radical (unpaired) electrons. The van der Waals surface area contributed by atoms with Gasteiger partial charge in [-0.25, -0.2) is 13.9 Å². The number of amides is 2. The monoisotopic (exact) mass is 476 g/mol. The Kier molecular flexibility index (Phi) is 6.54. The Morgan fingerprint density at radius 2 is 1.83 bits per heavy atom. The molecule has 10 nitrogen and oxygen atoms in total. The fourth-order valence-electron chi connectivity index (χ4n) is 3.92. The van der Waals surface area contributed by atoms with E-state index in [1.807, 2.05) is 39.0 Å². The van der Waals surface area contributed by atoms with Crippen LogP contribution in [0, 0.1) is 0 Å². The number of carbonyl (C=O) groups excluding carboxylic acids is 2. The summed E-state index contributed by atoms with van der Waals surface area (Å²) in [5.41, 5.74) is 1.28. The molecule has 2 heterocycles. The molecule has 0 aliphatic rings. The van der Waals surface area contributed by atoms with Crippen molar-refractivity contribution in [3.05, 3.63) is 74.4 Å². The van der Waals surface area contributed by atoms with Crippen molar-refractivity contribution in [2.24, 2.45) is 7.05 Å². The molecule has 1 atom stereocenters. The molecule has 0 saturated heterocycles. The van der Waals surface area contributed by atoms with E-state index in [0.29, 0.717) is 11.3 Å². The first-order valence-electron chi connectivity index (χ1n) is 11.6. The lowest BCUT2D eigenvalue weighted by Crippen LogP contribution is -2.32. The normalized spacial score (nSPS) is 12.1. The lowest BCUT2D eigenvalue weighted by Gasteiger charge is -2.12. The summed E-state index contributed by atoms with van der Waals surface area (Å²) in [7, 11) is 1.51. The van der Waals surface area contributed by atoms with E-state index in [9.17, 15) is 19.2 Å². The van der Waals surface area contributed by atoms with Gasteiger partial charge in [-0.15, -0.1) is 5.10 Å². The van der Waals surface area contributed by atoms with E-state index in [1.54, 1.807) is 12.1 Å². The highest BCUT2D eigenvalue weighted by Gasteiger charge is 2.19. The van der Waals surface area contributed by atoms with E-state index < -0.39 is 11.6 Å². The van der Waals surface area contributed by atoms with Crippen molar-refractivity contribution in [2.75, 3.05) is 5.32 Å². The van der Waals surface area contributed by atoms with Gasteiger partial charge in [0.25, 0.3) is 11.5 Å². The maximum atomic E-state index is 13.3. The summed E-state index contributed by atoms with van der Waals surface area (Å²) < 4.78 is 3.53. The molecule has 10 heteroatoms.